The van der Waals surface area contributed by atoms with E-state index in [1.807, 2.05) is 32.0 Å². The number of methoxy groups -OCH3 is 1. The van der Waals surface area contributed by atoms with Crippen molar-refractivity contribution in [2.24, 2.45) is 12.5 Å². The molecule has 11 heteroatoms. The molecule has 1 aromatic carbocycles. The summed E-state index contributed by atoms with van der Waals surface area (Å²) in [5.41, 5.74) is 1.28. The van der Waals surface area contributed by atoms with Crippen LogP contribution in [0.2, 0.25) is 0 Å². The van der Waals surface area contributed by atoms with Crippen molar-refractivity contribution >= 4 is 29.0 Å². The molecule has 11 nitrogen and oxygen atoms in total. The number of hydrogen-bond donors (Lipinski definition) is 2. The molecule has 0 atom stereocenters. The summed E-state index contributed by atoms with van der Waals surface area (Å²) in [6.07, 6.45) is 2.31. The first-order valence-electron chi connectivity index (χ1n) is 10.5. The number of aryl methyl sites for hydroxylation is 1. The van der Waals surface area contributed by atoms with Gasteiger partial charge in [0.2, 0.25) is 5.91 Å². The standard InChI is InChI=1S/C22H26N8O3/c1-22(2)9-10-30(21(22)32)16-11-15(17(27-26-16)20(31)23-3)25-14-8-6-7-13(18(14)33-5)19-24-12-29(4)28-19/h6-8,11-12H,9-10H2,1-5H3,(H,23,31)(H,25,26). The van der Waals surface area contributed by atoms with Crippen LogP contribution in [0.5, 0.6) is 5.75 Å². The highest BCUT2D eigenvalue weighted by Crippen LogP contribution is 2.38. The molecule has 0 radical (unpaired) electrons. The second kappa shape index (κ2) is 8.49. The van der Waals surface area contributed by atoms with Crippen LogP contribution in [-0.4, -0.2) is 57.5 Å². The van der Waals surface area contributed by atoms with Crippen LogP contribution in [0.15, 0.2) is 30.6 Å². The van der Waals surface area contributed by atoms with Gasteiger partial charge in [-0.15, -0.1) is 10.2 Å². The zero-order chi connectivity index (χ0) is 23.8. The van der Waals surface area contributed by atoms with E-state index in [0.29, 0.717) is 47.3 Å². The minimum atomic E-state index is -0.470. The Morgan fingerprint density at radius 2 is 2.00 bits per heavy atom. The van der Waals surface area contributed by atoms with Gasteiger partial charge in [-0.2, -0.15) is 5.10 Å². The zero-order valence-electron chi connectivity index (χ0n) is 19.2. The Morgan fingerprint density at radius 3 is 2.61 bits per heavy atom. The number of carbonyl (C=O) groups excluding carboxylic acids is 2. The van der Waals surface area contributed by atoms with E-state index >= 15 is 0 Å². The van der Waals surface area contributed by atoms with Crippen molar-refractivity contribution in [2.45, 2.75) is 20.3 Å². The van der Waals surface area contributed by atoms with E-state index in [-0.39, 0.29) is 11.6 Å². The van der Waals surface area contributed by atoms with Gasteiger partial charge in [0.05, 0.1) is 24.0 Å². The van der Waals surface area contributed by atoms with Crippen molar-refractivity contribution in [3.63, 3.8) is 0 Å². The molecule has 3 aromatic rings. The third kappa shape index (κ3) is 4.09. The lowest BCUT2D eigenvalue weighted by molar-refractivity contribution is -0.124. The van der Waals surface area contributed by atoms with Crippen molar-refractivity contribution in [3.05, 3.63) is 36.3 Å². The summed E-state index contributed by atoms with van der Waals surface area (Å²) in [6.45, 7) is 4.34. The van der Waals surface area contributed by atoms with Gasteiger partial charge in [0.15, 0.2) is 23.1 Å². The summed E-state index contributed by atoms with van der Waals surface area (Å²) in [5.74, 6) is 0.941. The molecular weight excluding hydrogens is 424 g/mol. The molecule has 0 spiro atoms. The number of anilines is 3. The number of carbonyl (C=O) groups is 2. The highest BCUT2D eigenvalue weighted by molar-refractivity contribution is 6.01. The molecule has 0 unspecified atom stereocenters. The molecule has 0 aliphatic carbocycles. The molecule has 4 rings (SSSR count). The van der Waals surface area contributed by atoms with Crippen LogP contribution >= 0.6 is 0 Å². The molecule has 33 heavy (non-hydrogen) atoms. The molecule has 0 bridgehead atoms. The number of amides is 2. The van der Waals surface area contributed by atoms with Gasteiger partial charge >= 0.3 is 0 Å². The van der Waals surface area contributed by atoms with Crippen molar-refractivity contribution in [3.8, 4) is 17.1 Å². The molecule has 1 fully saturated rings. The average molecular weight is 451 g/mol. The maximum atomic E-state index is 12.8. The monoisotopic (exact) mass is 450 g/mol. The van der Waals surface area contributed by atoms with Crippen LogP contribution in [0.25, 0.3) is 11.4 Å². The Labute approximate surface area is 191 Å². The van der Waals surface area contributed by atoms with Crippen LogP contribution in [0, 0.1) is 5.41 Å². The predicted octanol–water partition coefficient (Wildman–Crippen LogP) is 2.15. The maximum Gasteiger partial charge on any atom is 0.273 e. The third-order valence-electron chi connectivity index (χ3n) is 5.61. The SMILES string of the molecule is CNC(=O)c1nnc(N2CCC(C)(C)C2=O)cc1Nc1cccc(-c2ncn(C)n2)c1OC. The number of nitrogens with one attached hydrogen (secondary N) is 2. The second-order valence-electron chi connectivity index (χ2n) is 8.39. The lowest BCUT2D eigenvalue weighted by Gasteiger charge is -2.20. The lowest BCUT2D eigenvalue weighted by atomic mass is 9.92. The Balaban J connectivity index is 1.77. The number of benzene rings is 1. The summed E-state index contributed by atoms with van der Waals surface area (Å²) >= 11 is 0. The fraction of sp³-hybridized carbons (Fsp3) is 0.364. The van der Waals surface area contributed by atoms with Gasteiger partial charge in [-0.3, -0.25) is 19.2 Å². The molecule has 2 aromatic heterocycles. The van der Waals surface area contributed by atoms with E-state index in [0.717, 1.165) is 0 Å². The summed E-state index contributed by atoms with van der Waals surface area (Å²) in [4.78, 5) is 31.2. The molecule has 172 valence electrons. The fourth-order valence-corrected chi connectivity index (χ4v) is 3.72. The van der Waals surface area contributed by atoms with Gasteiger partial charge in [-0.05, 0) is 18.6 Å². The number of ether oxygens (including phenoxy) is 1. The molecule has 1 aliphatic rings. The Kier molecular flexibility index (Phi) is 5.71. The van der Waals surface area contributed by atoms with E-state index in [1.165, 1.54) is 7.05 Å². The maximum absolute atomic E-state index is 12.8. The predicted molar refractivity (Wildman–Crippen MR) is 122 cm³/mol. The molecular formula is C22H26N8O3. The summed E-state index contributed by atoms with van der Waals surface area (Å²) in [5, 5.41) is 18.4. The number of nitrogens with zero attached hydrogens (tertiary/aromatic N) is 6. The number of aromatic nitrogens is 5. The van der Waals surface area contributed by atoms with Crippen molar-refractivity contribution < 1.29 is 14.3 Å². The number of hydrogen-bond acceptors (Lipinski definition) is 8. The lowest BCUT2D eigenvalue weighted by Crippen LogP contribution is -2.32. The molecule has 1 aliphatic heterocycles. The van der Waals surface area contributed by atoms with Gasteiger partial charge in [0.1, 0.15) is 6.33 Å². The topological polar surface area (TPSA) is 127 Å². The minimum Gasteiger partial charge on any atom is -0.494 e. The largest absolute Gasteiger partial charge is 0.494 e. The van der Waals surface area contributed by atoms with Crippen molar-refractivity contribution in [1.29, 1.82) is 0 Å². The quantitative estimate of drug-likeness (QED) is 0.585. The Bertz CT molecular complexity index is 1220. The van der Waals surface area contributed by atoms with Crippen LogP contribution < -0.4 is 20.3 Å². The smallest absolute Gasteiger partial charge is 0.273 e. The van der Waals surface area contributed by atoms with Gasteiger partial charge in [0.25, 0.3) is 5.91 Å². The van der Waals surface area contributed by atoms with E-state index in [2.05, 4.69) is 30.9 Å². The van der Waals surface area contributed by atoms with Crippen molar-refractivity contribution in [2.75, 3.05) is 30.9 Å². The zero-order valence-corrected chi connectivity index (χ0v) is 19.2. The van der Waals surface area contributed by atoms with Gasteiger partial charge in [-0.25, -0.2) is 4.98 Å². The van der Waals surface area contributed by atoms with Gasteiger partial charge in [-0.1, -0.05) is 19.9 Å². The third-order valence-corrected chi connectivity index (χ3v) is 5.61. The van der Waals surface area contributed by atoms with E-state index in [9.17, 15) is 9.59 Å². The summed E-state index contributed by atoms with van der Waals surface area (Å²) < 4.78 is 7.26. The minimum absolute atomic E-state index is 0.0313. The Hall–Kier alpha value is -4.02. The van der Waals surface area contributed by atoms with E-state index in [1.54, 1.807) is 36.1 Å². The molecule has 2 N–H and O–H groups in total. The first-order chi connectivity index (χ1) is 15.7. The molecule has 3 heterocycles. The first-order valence-corrected chi connectivity index (χ1v) is 10.5. The van der Waals surface area contributed by atoms with Crippen molar-refractivity contribution in [1.82, 2.24) is 30.3 Å². The molecule has 2 amide bonds. The molecule has 0 saturated carbocycles. The van der Waals surface area contributed by atoms with Gasteiger partial charge in [0, 0.05) is 32.1 Å². The second-order valence-corrected chi connectivity index (χ2v) is 8.39. The number of para-hydroxylation sites is 1. The number of rotatable bonds is 6. The fourth-order valence-electron chi connectivity index (χ4n) is 3.72. The van der Waals surface area contributed by atoms with Crippen LogP contribution in [0.3, 0.4) is 0 Å². The Morgan fingerprint density at radius 1 is 1.21 bits per heavy atom. The van der Waals surface area contributed by atoms with Gasteiger partial charge < -0.3 is 15.4 Å². The van der Waals surface area contributed by atoms with Crippen LogP contribution in [0.1, 0.15) is 30.8 Å². The summed E-state index contributed by atoms with van der Waals surface area (Å²) in [7, 11) is 4.85. The van der Waals surface area contributed by atoms with Crippen LogP contribution in [0.4, 0.5) is 17.2 Å². The first kappa shape index (κ1) is 22.2. The van der Waals surface area contributed by atoms with E-state index in [4.69, 9.17) is 4.74 Å². The van der Waals surface area contributed by atoms with Crippen LogP contribution in [-0.2, 0) is 11.8 Å². The average Bonchev–Trinajstić information content (AvgIpc) is 3.35. The normalized spacial score (nSPS) is 14.9. The summed E-state index contributed by atoms with van der Waals surface area (Å²) in [6, 6.07) is 7.14. The van der Waals surface area contributed by atoms with E-state index < -0.39 is 11.3 Å². The highest BCUT2D eigenvalue weighted by atomic mass is 16.5. The molecule has 1 saturated heterocycles. The highest BCUT2D eigenvalue weighted by Gasteiger charge is 2.40.